The van der Waals surface area contributed by atoms with Crippen molar-refractivity contribution in [1.29, 1.82) is 0 Å². The Balaban J connectivity index is 1.59. The van der Waals surface area contributed by atoms with E-state index in [1.54, 1.807) is 0 Å². The molecule has 1 spiro atoms. The van der Waals surface area contributed by atoms with Crippen molar-refractivity contribution < 1.29 is 19.5 Å². The molecule has 0 radical (unpaired) electrons. The van der Waals surface area contributed by atoms with Crippen LogP contribution in [0, 0.1) is 5.41 Å². The van der Waals surface area contributed by atoms with Crippen LogP contribution < -0.4 is 0 Å². The molecule has 1 amide bonds. The molecule has 6 nitrogen and oxygen atoms in total. The summed E-state index contributed by atoms with van der Waals surface area (Å²) in [6.45, 7) is 1.56. The second kappa shape index (κ2) is 4.51. The van der Waals surface area contributed by atoms with Crippen LogP contribution in [-0.4, -0.2) is 46.8 Å². The fourth-order valence-electron chi connectivity index (χ4n) is 3.50. The van der Waals surface area contributed by atoms with Gasteiger partial charge < -0.3 is 14.8 Å². The number of carboxylic acid groups (broad SMARTS) is 1. The second-order valence-corrected chi connectivity index (χ2v) is 5.86. The molecule has 2 fully saturated rings. The molecule has 1 unspecified atom stereocenters. The van der Waals surface area contributed by atoms with Crippen molar-refractivity contribution in [3.63, 3.8) is 0 Å². The second-order valence-electron chi connectivity index (χ2n) is 5.86. The van der Waals surface area contributed by atoms with Gasteiger partial charge in [-0.15, -0.1) is 0 Å². The van der Waals surface area contributed by atoms with Crippen LogP contribution >= 0.6 is 0 Å². The summed E-state index contributed by atoms with van der Waals surface area (Å²) in [5.41, 5.74) is 0.262. The number of likely N-dealkylation sites (tertiary alicyclic amines) is 1. The maximum atomic E-state index is 12.3. The number of nitrogens with zero attached hydrogens (tertiary/aromatic N) is 2. The number of carbonyl (C=O) groups excluding carboxylic acids is 1. The monoisotopic (exact) mass is 266 g/mol. The Morgan fingerprint density at radius 3 is 2.68 bits per heavy atom. The molecule has 0 aromatic heterocycles. The Morgan fingerprint density at radius 2 is 2.05 bits per heavy atom. The van der Waals surface area contributed by atoms with E-state index in [9.17, 15) is 9.59 Å². The highest BCUT2D eigenvalue weighted by atomic mass is 16.6. The van der Waals surface area contributed by atoms with E-state index in [2.05, 4.69) is 5.16 Å². The van der Waals surface area contributed by atoms with Gasteiger partial charge in [-0.25, -0.2) is 4.79 Å². The fourth-order valence-corrected chi connectivity index (χ4v) is 3.50. The Morgan fingerprint density at radius 1 is 1.32 bits per heavy atom. The Kier molecular flexibility index (Phi) is 2.95. The molecular weight excluding hydrogens is 248 g/mol. The third-order valence-electron chi connectivity index (χ3n) is 4.61. The maximum absolute atomic E-state index is 12.3. The van der Waals surface area contributed by atoms with Crippen LogP contribution in [0.1, 0.15) is 38.5 Å². The molecule has 1 atom stereocenters. The first-order valence-corrected chi connectivity index (χ1v) is 6.84. The van der Waals surface area contributed by atoms with Crippen molar-refractivity contribution in [2.24, 2.45) is 10.6 Å². The lowest BCUT2D eigenvalue weighted by Gasteiger charge is -2.24. The van der Waals surface area contributed by atoms with E-state index in [1.807, 2.05) is 4.90 Å². The summed E-state index contributed by atoms with van der Waals surface area (Å²) in [7, 11) is 0. The summed E-state index contributed by atoms with van der Waals surface area (Å²) >= 11 is 0. The molecule has 104 valence electrons. The number of hydrogen-bond donors (Lipinski definition) is 1. The van der Waals surface area contributed by atoms with Crippen molar-refractivity contribution in [3.05, 3.63) is 0 Å². The van der Waals surface area contributed by atoms with Gasteiger partial charge in [-0.1, -0.05) is 18.0 Å². The van der Waals surface area contributed by atoms with E-state index in [0.717, 1.165) is 19.5 Å². The summed E-state index contributed by atoms with van der Waals surface area (Å²) in [6.07, 6.45) is 5.35. The molecule has 0 aromatic rings. The Labute approximate surface area is 111 Å². The lowest BCUT2D eigenvalue weighted by Crippen LogP contribution is -2.39. The van der Waals surface area contributed by atoms with Gasteiger partial charge in [0.05, 0.1) is 0 Å². The number of amides is 1. The molecule has 1 aliphatic carbocycles. The number of hydrogen-bond acceptors (Lipinski definition) is 4. The van der Waals surface area contributed by atoms with Crippen molar-refractivity contribution in [2.75, 3.05) is 13.1 Å². The van der Waals surface area contributed by atoms with Crippen molar-refractivity contribution in [1.82, 2.24) is 4.90 Å². The molecule has 1 saturated carbocycles. The average Bonchev–Trinajstić information content (AvgIpc) is 3.11. The van der Waals surface area contributed by atoms with E-state index >= 15 is 0 Å². The third-order valence-corrected chi connectivity index (χ3v) is 4.61. The molecule has 2 aliphatic heterocycles. The largest absolute Gasteiger partial charge is 0.477 e. The van der Waals surface area contributed by atoms with E-state index in [0.29, 0.717) is 5.41 Å². The third kappa shape index (κ3) is 2.19. The molecule has 19 heavy (non-hydrogen) atoms. The summed E-state index contributed by atoms with van der Waals surface area (Å²) < 4.78 is 0. The zero-order valence-corrected chi connectivity index (χ0v) is 10.8. The topological polar surface area (TPSA) is 79.2 Å². The Hall–Kier alpha value is -1.59. The lowest BCUT2D eigenvalue weighted by molar-refractivity contribution is -0.141. The quantitative estimate of drug-likeness (QED) is 0.809. The molecule has 2 heterocycles. The maximum Gasteiger partial charge on any atom is 0.353 e. The molecule has 0 aromatic carbocycles. The van der Waals surface area contributed by atoms with Gasteiger partial charge in [0.15, 0.2) is 5.71 Å². The number of oxime groups is 1. The standard InChI is InChI=1S/C13H18N2O4/c16-11(10-7-9(12(17)18)14-19-10)15-6-5-13(8-15)3-1-2-4-13/h10H,1-8H2,(H,17,18). The van der Waals surface area contributed by atoms with Crippen LogP contribution in [-0.2, 0) is 14.4 Å². The molecule has 1 N–H and O–H groups in total. The van der Waals surface area contributed by atoms with Crippen molar-refractivity contribution >= 4 is 17.6 Å². The van der Waals surface area contributed by atoms with Crippen LogP contribution in [0.5, 0.6) is 0 Å². The van der Waals surface area contributed by atoms with Gasteiger partial charge in [-0.05, 0) is 24.7 Å². The van der Waals surface area contributed by atoms with Gasteiger partial charge in [-0.3, -0.25) is 4.79 Å². The van der Waals surface area contributed by atoms with Gasteiger partial charge in [0.25, 0.3) is 5.91 Å². The van der Waals surface area contributed by atoms with Crippen LogP contribution in [0.15, 0.2) is 5.16 Å². The molecule has 3 rings (SSSR count). The summed E-state index contributed by atoms with van der Waals surface area (Å²) in [4.78, 5) is 29.8. The summed E-state index contributed by atoms with van der Waals surface area (Å²) in [6, 6.07) is 0. The van der Waals surface area contributed by atoms with Gasteiger partial charge >= 0.3 is 5.97 Å². The van der Waals surface area contributed by atoms with Gasteiger partial charge in [0.2, 0.25) is 6.10 Å². The average molecular weight is 266 g/mol. The zero-order chi connectivity index (χ0) is 13.5. The van der Waals surface area contributed by atoms with Gasteiger partial charge in [-0.2, -0.15) is 0 Å². The highest BCUT2D eigenvalue weighted by Gasteiger charge is 2.44. The highest BCUT2D eigenvalue weighted by molar-refractivity contribution is 6.36. The normalized spacial score (nSPS) is 28.5. The number of carbonyl (C=O) groups is 2. The van der Waals surface area contributed by atoms with E-state index in [4.69, 9.17) is 9.94 Å². The number of aliphatic carboxylic acids is 1. The smallest absolute Gasteiger partial charge is 0.353 e. The summed E-state index contributed by atoms with van der Waals surface area (Å²) in [5, 5.41) is 12.3. The van der Waals surface area contributed by atoms with Crippen LogP contribution in [0.2, 0.25) is 0 Å². The van der Waals surface area contributed by atoms with Crippen LogP contribution in [0.3, 0.4) is 0 Å². The van der Waals surface area contributed by atoms with Gasteiger partial charge in [0, 0.05) is 19.5 Å². The molecule has 6 heteroatoms. The van der Waals surface area contributed by atoms with E-state index < -0.39 is 12.1 Å². The lowest BCUT2D eigenvalue weighted by atomic mass is 9.86. The van der Waals surface area contributed by atoms with Crippen molar-refractivity contribution in [2.45, 2.75) is 44.6 Å². The predicted molar refractivity (Wildman–Crippen MR) is 66.7 cm³/mol. The Bertz CT molecular complexity index is 440. The first kappa shape index (κ1) is 12.4. The number of carboxylic acids is 1. The van der Waals surface area contributed by atoms with Crippen molar-refractivity contribution in [3.8, 4) is 0 Å². The van der Waals surface area contributed by atoms with E-state index in [1.165, 1.54) is 25.7 Å². The minimum absolute atomic E-state index is 0.0619. The molecule has 1 saturated heterocycles. The first-order chi connectivity index (χ1) is 9.10. The molecular formula is C13H18N2O4. The fraction of sp³-hybridized carbons (Fsp3) is 0.769. The SMILES string of the molecule is O=C(O)C1=NOC(C(=O)N2CCC3(CCCC3)C2)C1. The predicted octanol–water partition coefficient (Wildman–Crippen LogP) is 1.01. The first-order valence-electron chi connectivity index (χ1n) is 6.84. The molecule has 3 aliphatic rings. The number of rotatable bonds is 2. The highest BCUT2D eigenvalue weighted by Crippen LogP contribution is 2.45. The minimum atomic E-state index is -1.11. The van der Waals surface area contributed by atoms with Crippen LogP contribution in [0.4, 0.5) is 0 Å². The van der Waals surface area contributed by atoms with E-state index in [-0.39, 0.29) is 18.0 Å². The minimum Gasteiger partial charge on any atom is -0.477 e. The zero-order valence-electron chi connectivity index (χ0n) is 10.8. The van der Waals surface area contributed by atoms with Crippen LogP contribution in [0.25, 0.3) is 0 Å². The molecule has 0 bridgehead atoms. The summed E-state index contributed by atoms with van der Waals surface area (Å²) in [5.74, 6) is -1.22. The van der Waals surface area contributed by atoms with Gasteiger partial charge in [0.1, 0.15) is 0 Å².